The van der Waals surface area contributed by atoms with Crippen molar-refractivity contribution in [2.24, 2.45) is 0 Å². The summed E-state index contributed by atoms with van der Waals surface area (Å²) in [5.74, 6) is -0.221. The third-order valence-corrected chi connectivity index (χ3v) is 5.08. The Kier molecular flexibility index (Phi) is 5.25. The highest BCUT2D eigenvalue weighted by Crippen LogP contribution is 2.15. The van der Waals surface area contributed by atoms with Crippen LogP contribution < -0.4 is 0 Å². The molecule has 0 atom stereocenters. The standard InChI is InChI=1S/C18H19FN2O2S/c19-15-5-2-1-4-14(15)7-8-17(22)20-9-11-21(12-10-20)18(23)16-6-3-13-24-16/h1-6,13H,7-12H2. The summed E-state index contributed by atoms with van der Waals surface area (Å²) in [6.45, 7) is 2.16. The number of nitrogens with zero attached hydrogens (tertiary/aromatic N) is 2. The molecular weight excluding hydrogens is 327 g/mol. The molecule has 24 heavy (non-hydrogen) atoms. The van der Waals surface area contributed by atoms with Crippen molar-refractivity contribution in [1.29, 1.82) is 0 Å². The van der Waals surface area contributed by atoms with Gasteiger partial charge in [0.25, 0.3) is 5.91 Å². The van der Waals surface area contributed by atoms with E-state index in [0.29, 0.717) is 44.6 Å². The van der Waals surface area contributed by atoms with Crippen LogP contribution in [0.4, 0.5) is 4.39 Å². The van der Waals surface area contributed by atoms with Crippen molar-refractivity contribution in [2.75, 3.05) is 26.2 Å². The van der Waals surface area contributed by atoms with Crippen molar-refractivity contribution >= 4 is 23.2 Å². The first-order valence-corrected chi connectivity index (χ1v) is 8.87. The maximum Gasteiger partial charge on any atom is 0.264 e. The molecule has 0 unspecified atom stereocenters. The predicted octanol–water partition coefficient (Wildman–Crippen LogP) is 2.80. The van der Waals surface area contributed by atoms with Gasteiger partial charge in [-0.05, 0) is 29.5 Å². The molecule has 1 saturated heterocycles. The molecule has 1 fully saturated rings. The van der Waals surface area contributed by atoms with Crippen LogP contribution in [0.1, 0.15) is 21.7 Å². The van der Waals surface area contributed by atoms with Crippen LogP contribution >= 0.6 is 11.3 Å². The molecule has 0 radical (unpaired) electrons. The number of thiophene rings is 1. The molecule has 1 aromatic carbocycles. The monoisotopic (exact) mass is 346 g/mol. The van der Waals surface area contributed by atoms with Crippen molar-refractivity contribution in [2.45, 2.75) is 12.8 Å². The normalized spacial score (nSPS) is 14.7. The second kappa shape index (κ2) is 7.57. The van der Waals surface area contributed by atoms with Crippen LogP contribution in [0.15, 0.2) is 41.8 Å². The van der Waals surface area contributed by atoms with Crippen molar-refractivity contribution in [1.82, 2.24) is 9.80 Å². The average Bonchev–Trinajstić information content (AvgIpc) is 3.15. The molecule has 6 heteroatoms. The lowest BCUT2D eigenvalue weighted by molar-refractivity contribution is -0.132. The van der Waals surface area contributed by atoms with E-state index in [4.69, 9.17) is 0 Å². The lowest BCUT2D eigenvalue weighted by atomic mass is 10.1. The predicted molar refractivity (Wildman–Crippen MR) is 91.5 cm³/mol. The summed E-state index contributed by atoms with van der Waals surface area (Å²) in [5, 5.41) is 1.88. The van der Waals surface area contributed by atoms with E-state index in [9.17, 15) is 14.0 Å². The van der Waals surface area contributed by atoms with Crippen LogP contribution in [0.25, 0.3) is 0 Å². The zero-order valence-electron chi connectivity index (χ0n) is 13.3. The van der Waals surface area contributed by atoms with Crippen LogP contribution in [-0.2, 0) is 11.2 Å². The largest absolute Gasteiger partial charge is 0.339 e. The quantitative estimate of drug-likeness (QED) is 0.854. The summed E-state index contributed by atoms with van der Waals surface area (Å²) in [6, 6.07) is 10.2. The molecular formula is C18H19FN2O2S. The molecule has 2 heterocycles. The van der Waals surface area contributed by atoms with E-state index in [0.717, 1.165) is 4.88 Å². The Morgan fingerprint density at radius 2 is 1.71 bits per heavy atom. The molecule has 0 spiro atoms. The average molecular weight is 346 g/mol. The maximum absolute atomic E-state index is 13.6. The number of hydrogen-bond donors (Lipinski definition) is 0. The molecule has 0 aliphatic carbocycles. The van der Waals surface area contributed by atoms with E-state index in [1.807, 2.05) is 17.5 Å². The molecule has 0 bridgehead atoms. The number of benzene rings is 1. The lowest BCUT2D eigenvalue weighted by Crippen LogP contribution is -2.50. The molecule has 0 saturated carbocycles. The van der Waals surface area contributed by atoms with Gasteiger partial charge < -0.3 is 9.80 Å². The Balaban J connectivity index is 1.48. The first kappa shape index (κ1) is 16.6. The van der Waals surface area contributed by atoms with Crippen LogP contribution in [0.2, 0.25) is 0 Å². The molecule has 3 rings (SSSR count). The highest BCUT2D eigenvalue weighted by atomic mass is 32.1. The van der Waals surface area contributed by atoms with Gasteiger partial charge in [-0.15, -0.1) is 11.3 Å². The Labute approximate surface area is 144 Å². The zero-order chi connectivity index (χ0) is 16.9. The molecule has 1 aliphatic rings. The fraction of sp³-hybridized carbons (Fsp3) is 0.333. The smallest absolute Gasteiger partial charge is 0.264 e. The number of rotatable bonds is 4. The minimum absolute atomic E-state index is 0.0153. The second-order valence-electron chi connectivity index (χ2n) is 5.74. The van der Waals surface area contributed by atoms with Gasteiger partial charge in [0.2, 0.25) is 5.91 Å². The van der Waals surface area contributed by atoms with Gasteiger partial charge >= 0.3 is 0 Å². The third-order valence-electron chi connectivity index (χ3n) is 4.22. The van der Waals surface area contributed by atoms with E-state index in [-0.39, 0.29) is 17.6 Å². The van der Waals surface area contributed by atoms with E-state index < -0.39 is 0 Å². The maximum atomic E-state index is 13.6. The van der Waals surface area contributed by atoms with Crippen LogP contribution in [0.3, 0.4) is 0 Å². The Hall–Kier alpha value is -2.21. The summed E-state index contributed by atoms with van der Waals surface area (Å²) < 4.78 is 13.6. The first-order valence-electron chi connectivity index (χ1n) is 7.99. The number of carbonyl (C=O) groups excluding carboxylic acids is 2. The second-order valence-corrected chi connectivity index (χ2v) is 6.69. The number of carbonyl (C=O) groups is 2. The Morgan fingerprint density at radius 1 is 1.00 bits per heavy atom. The fourth-order valence-corrected chi connectivity index (χ4v) is 3.51. The molecule has 1 aromatic heterocycles. The minimum atomic E-state index is -0.267. The Morgan fingerprint density at radius 3 is 2.38 bits per heavy atom. The van der Waals surface area contributed by atoms with E-state index in [1.165, 1.54) is 17.4 Å². The van der Waals surface area contributed by atoms with Gasteiger partial charge in [-0.25, -0.2) is 4.39 Å². The molecule has 126 valence electrons. The summed E-state index contributed by atoms with van der Waals surface area (Å²) >= 11 is 1.43. The van der Waals surface area contributed by atoms with Gasteiger partial charge in [-0.1, -0.05) is 24.3 Å². The van der Waals surface area contributed by atoms with E-state index in [2.05, 4.69) is 0 Å². The van der Waals surface area contributed by atoms with Crippen molar-refractivity contribution < 1.29 is 14.0 Å². The molecule has 2 amide bonds. The van der Waals surface area contributed by atoms with Crippen molar-refractivity contribution in [3.8, 4) is 0 Å². The van der Waals surface area contributed by atoms with E-state index >= 15 is 0 Å². The number of amides is 2. The highest BCUT2D eigenvalue weighted by Gasteiger charge is 2.25. The van der Waals surface area contributed by atoms with Crippen LogP contribution in [0.5, 0.6) is 0 Å². The van der Waals surface area contributed by atoms with Gasteiger partial charge in [-0.2, -0.15) is 0 Å². The number of halogens is 1. The molecule has 2 aromatic rings. The first-order chi connectivity index (χ1) is 11.6. The number of aryl methyl sites for hydroxylation is 1. The molecule has 1 aliphatic heterocycles. The van der Waals surface area contributed by atoms with Gasteiger partial charge in [0, 0.05) is 32.6 Å². The van der Waals surface area contributed by atoms with Gasteiger partial charge in [0.15, 0.2) is 0 Å². The summed E-state index contributed by atoms with van der Waals surface area (Å²) in [7, 11) is 0. The number of hydrogen-bond acceptors (Lipinski definition) is 3. The van der Waals surface area contributed by atoms with Crippen molar-refractivity contribution in [3.05, 3.63) is 58.0 Å². The van der Waals surface area contributed by atoms with E-state index in [1.54, 1.807) is 28.0 Å². The van der Waals surface area contributed by atoms with Gasteiger partial charge in [-0.3, -0.25) is 9.59 Å². The fourth-order valence-electron chi connectivity index (χ4n) is 2.82. The third kappa shape index (κ3) is 3.82. The molecule has 0 N–H and O–H groups in total. The van der Waals surface area contributed by atoms with Gasteiger partial charge in [0.1, 0.15) is 5.82 Å². The summed E-state index contributed by atoms with van der Waals surface area (Å²) in [5.41, 5.74) is 0.567. The minimum Gasteiger partial charge on any atom is -0.339 e. The lowest BCUT2D eigenvalue weighted by Gasteiger charge is -2.34. The Bertz CT molecular complexity index is 710. The number of piperazine rings is 1. The summed E-state index contributed by atoms with van der Waals surface area (Å²) in [4.78, 5) is 28.8. The zero-order valence-corrected chi connectivity index (χ0v) is 14.1. The summed E-state index contributed by atoms with van der Waals surface area (Å²) in [6.07, 6.45) is 0.694. The SMILES string of the molecule is O=C(CCc1ccccc1F)N1CCN(C(=O)c2cccs2)CC1. The van der Waals surface area contributed by atoms with Gasteiger partial charge in [0.05, 0.1) is 4.88 Å². The van der Waals surface area contributed by atoms with Crippen LogP contribution in [0, 0.1) is 5.82 Å². The topological polar surface area (TPSA) is 40.6 Å². The highest BCUT2D eigenvalue weighted by molar-refractivity contribution is 7.12. The van der Waals surface area contributed by atoms with Crippen LogP contribution in [-0.4, -0.2) is 47.8 Å². The van der Waals surface area contributed by atoms with Crippen molar-refractivity contribution in [3.63, 3.8) is 0 Å². The molecule has 4 nitrogen and oxygen atoms in total.